The summed E-state index contributed by atoms with van der Waals surface area (Å²) in [6, 6.07) is 0. The summed E-state index contributed by atoms with van der Waals surface area (Å²) >= 11 is 0. The first-order valence-electron chi connectivity index (χ1n) is 1.32. The van der Waals surface area contributed by atoms with Gasteiger partial charge in [0.2, 0.25) is 5.97 Å². The van der Waals surface area contributed by atoms with Gasteiger partial charge in [0.1, 0.15) is 0 Å². The van der Waals surface area contributed by atoms with Gasteiger partial charge in [-0.25, -0.2) is 5.92 Å². The van der Waals surface area contributed by atoms with Crippen LogP contribution in [-0.4, -0.2) is 13.1 Å². The molecule has 0 atom stereocenters. The van der Waals surface area contributed by atoms with E-state index >= 15 is 0 Å². The molecule has 0 saturated carbocycles. The number of esters is 1. The van der Waals surface area contributed by atoms with Crippen LogP contribution in [0.2, 0.25) is 0 Å². The Hall–Kier alpha value is -0.373. The van der Waals surface area contributed by atoms with Gasteiger partial charge in [0.15, 0.2) is 0 Å². The predicted molar refractivity (Wildman–Crippen MR) is 19.1 cm³/mol. The molecule has 0 saturated heterocycles. The van der Waals surface area contributed by atoms with E-state index in [2.05, 4.69) is 4.74 Å². The molecule has 0 radical (unpaired) electrons. The molecule has 0 aromatic rings. The molecule has 0 unspecified atom stereocenters. The Kier molecular flexibility index (Phi) is 7.88. The molecule has 7 heavy (non-hydrogen) atoms. The van der Waals surface area contributed by atoms with Gasteiger partial charge in [0.25, 0.3) is 0 Å². The quantitative estimate of drug-likeness (QED) is 0.135. The van der Waals surface area contributed by atoms with Crippen molar-refractivity contribution in [3.05, 3.63) is 6.42 Å². The second-order valence-electron chi connectivity index (χ2n) is 0.617. The molecular formula is C4H3LiO2. The van der Waals surface area contributed by atoms with Crippen LogP contribution in [0.4, 0.5) is 0 Å². The maximum absolute atomic E-state index is 9.66. The minimum atomic E-state index is -0.741. The molecule has 0 fully saturated rings. The monoisotopic (exact) mass is 90.0 g/mol. The normalized spacial score (nSPS) is 5.14. The average molecular weight is 90.0 g/mol. The minimum Gasteiger partial charge on any atom is -0.544 e. The van der Waals surface area contributed by atoms with E-state index < -0.39 is 5.97 Å². The van der Waals surface area contributed by atoms with Crippen molar-refractivity contribution >= 4 is 5.97 Å². The third-order valence-electron chi connectivity index (χ3n) is 0.287. The van der Waals surface area contributed by atoms with Crippen molar-refractivity contribution in [3.8, 4) is 5.92 Å². The van der Waals surface area contributed by atoms with Gasteiger partial charge < -0.3 is 16.0 Å². The molecule has 0 heterocycles. The predicted octanol–water partition coefficient (Wildman–Crippen LogP) is -3.25. The van der Waals surface area contributed by atoms with E-state index in [0.717, 1.165) is 0 Å². The van der Waals surface area contributed by atoms with E-state index in [0.29, 0.717) is 0 Å². The first kappa shape index (κ1) is 9.80. The smallest absolute Gasteiger partial charge is 0.544 e. The van der Waals surface area contributed by atoms with Gasteiger partial charge in [-0.1, -0.05) is 0 Å². The molecule has 2 nitrogen and oxygen atoms in total. The number of methoxy groups -OCH3 is 1. The summed E-state index contributed by atoms with van der Waals surface area (Å²) in [7, 11) is 1.20. The molecule has 0 rings (SSSR count). The van der Waals surface area contributed by atoms with Crippen LogP contribution >= 0.6 is 0 Å². The summed E-state index contributed by atoms with van der Waals surface area (Å²) in [6.07, 6.45) is 6.08. The summed E-state index contributed by atoms with van der Waals surface area (Å²) < 4.78 is 3.96. The summed E-state index contributed by atoms with van der Waals surface area (Å²) in [5.41, 5.74) is 0. The van der Waals surface area contributed by atoms with Gasteiger partial charge in [0.05, 0.1) is 7.11 Å². The van der Waals surface area contributed by atoms with Crippen LogP contribution in [0.1, 0.15) is 0 Å². The van der Waals surface area contributed by atoms with Crippen LogP contribution in [0, 0.1) is 12.3 Å². The summed E-state index contributed by atoms with van der Waals surface area (Å²) in [5.74, 6) is 0.763. The Morgan fingerprint density at radius 3 is 2.29 bits per heavy atom. The van der Waals surface area contributed by atoms with E-state index in [4.69, 9.17) is 6.42 Å². The largest absolute Gasteiger partial charge is 1.00 e. The van der Waals surface area contributed by atoms with Crippen LogP contribution < -0.4 is 18.9 Å². The SMILES string of the molecule is [C-]#CC(=O)OC.[Li+]. The second kappa shape index (κ2) is 5.63. The molecule has 32 valence electrons. The Labute approximate surface area is 54.4 Å². The molecule has 0 aliphatic rings. The van der Waals surface area contributed by atoms with E-state index in [1.807, 2.05) is 0 Å². The molecule has 0 bridgehead atoms. The molecule has 0 amide bonds. The van der Waals surface area contributed by atoms with Crippen molar-refractivity contribution in [2.24, 2.45) is 0 Å². The van der Waals surface area contributed by atoms with Crippen molar-refractivity contribution in [2.45, 2.75) is 0 Å². The van der Waals surface area contributed by atoms with Crippen LogP contribution in [0.15, 0.2) is 0 Å². The molecule has 0 aliphatic carbocycles. The zero-order valence-corrected chi connectivity index (χ0v) is 4.32. The Balaban J connectivity index is 0. The molecule has 3 heteroatoms. The third kappa shape index (κ3) is 5.63. The van der Waals surface area contributed by atoms with E-state index in [1.165, 1.54) is 13.0 Å². The van der Waals surface area contributed by atoms with Gasteiger partial charge in [0, 0.05) is 0 Å². The van der Waals surface area contributed by atoms with Crippen molar-refractivity contribution < 1.29 is 28.4 Å². The van der Waals surface area contributed by atoms with E-state index in [1.54, 1.807) is 0 Å². The summed E-state index contributed by atoms with van der Waals surface area (Å²) in [6.45, 7) is 0. The molecule has 0 spiro atoms. The summed E-state index contributed by atoms with van der Waals surface area (Å²) in [5, 5.41) is 0. The number of ether oxygens (including phenoxy) is 1. The van der Waals surface area contributed by atoms with Crippen LogP contribution in [0.25, 0.3) is 0 Å². The molecule has 0 aromatic heterocycles. The third-order valence-corrected chi connectivity index (χ3v) is 0.287. The van der Waals surface area contributed by atoms with E-state index in [9.17, 15) is 4.79 Å². The van der Waals surface area contributed by atoms with Crippen molar-refractivity contribution in [1.29, 1.82) is 0 Å². The van der Waals surface area contributed by atoms with Gasteiger partial charge in [-0.3, -0.25) is 0 Å². The average Bonchev–Trinajstić information content (AvgIpc) is 1.65. The number of carbonyl (C=O) groups is 1. The molecule has 0 N–H and O–H groups in total. The van der Waals surface area contributed by atoms with E-state index in [-0.39, 0.29) is 18.9 Å². The fraction of sp³-hybridized carbons (Fsp3) is 0.250. The maximum atomic E-state index is 9.66. The number of hydrogen-bond donors (Lipinski definition) is 0. The van der Waals surface area contributed by atoms with Crippen LogP contribution in [0.5, 0.6) is 0 Å². The zero-order valence-electron chi connectivity index (χ0n) is 4.32. The van der Waals surface area contributed by atoms with Gasteiger partial charge in [-0.05, 0) is 0 Å². The van der Waals surface area contributed by atoms with Crippen molar-refractivity contribution in [1.82, 2.24) is 0 Å². The first-order valence-corrected chi connectivity index (χ1v) is 1.32. The minimum absolute atomic E-state index is 0. The fourth-order valence-corrected chi connectivity index (χ4v) is 0.0510. The fourth-order valence-electron chi connectivity index (χ4n) is 0.0510. The number of rotatable bonds is 0. The van der Waals surface area contributed by atoms with Gasteiger partial charge >= 0.3 is 18.9 Å². The Morgan fingerprint density at radius 2 is 2.29 bits per heavy atom. The van der Waals surface area contributed by atoms with Gasteiger partial charge in [-0.2, -0.15) is 0 Å². The zero-order chi connectivity index (χ0) is 4.99. The number of carbonyl (C=O) groups excluding carboxylic acids is 1. The van der Waals surface area contributed by atoms with Gasteiger partial charge in [-0.15, -0.1) is 0 Å². The van der Waals surface area contributed by atoms with Crippen LogP contribution in [0.3, 0.4) is 0 Å². The topological polar surface area (TPSA) is 26.3 Å². The molecule has 0 aromatic carbocycles. The van der Waals surface area contributed by atoms with Crippen molar-refractivity contribution in [2.75, 3.05) is 7.11 Å². The van der Waals surface area contributed by atoms with Crippen molar-refractivity contribution in [3.63, 3.8) is 0 Å². The standard InChI is InChI=1S/C4H3O2.Li/c1-3-4(5)6-2;/h2H3;/q-1;+1. The molecule has 0 aliphatic heterocycles. The first-order chi connectivity index (χ1) is 2.81. The Morgan fingerprint density at radius 1 is 1.86 bits per heavy atom. The van der Waals surface area contributed by atoms with Crippen LogP contribution in [-0.2, 0) is 9.53 Å². The Bertz CT molecular complexity index is 92.4. The maximum Gasteiger partial charge on any atom is 1.00 e. The molecular weight excluding hydrogens is 87.0 g/mol. The number of hydrogen-bond acceptors (Lipinski definition) is 2. The summed E-state index contributed by atoms with van der Waals surface area (Å²) in [4.78, 5) is 9.66. The second-order valence-corrected chi connectivity index (χ2v) is 0.617.